The number of halogens is 3. The van der Waals surface area contributed by atoms with E-state index in [1.165, 1.54) is 19.1 Å². The summed E-state index contributed by atoms with van der Waals surface area (Å²) >= 11 is 0. The van der Waals surface area contributed by atoms with E-state index in [0.29, 0.717) is 0 Å². The van der Waals surface area contributed by atoms with Gasteiger partial charge in [-0.05, 0) is 36.1 Å². The van der Waals surface area contributed by atoms with Gasteiger partial charge in [-0.2, -0.15) is 13.2 Å². The Morgan fingerprint density at radius 2 is 1.04 bits per heavy atom. The SMILES string of the molecule is Cc1ccc(-c2ccc(C(C)(c3ccccc3)C(F)(F)F)cc2)cc1. The van der Waals surface area contributed by atoms with E-state index in [1.54, 1.807) is 42.5 Å². The van der Waals surface area contributed by atoms with E-state index in [1.807, 2.05) is 31.2 Å². The maximum atomic E-state index is 13.9. The van der Waals surface area contributed by atoms with E-state index < -0.39 is 11.6 Å². The van der Waals surface area contributed by atoms with Crippen LogP contribution in [0.4, 0.5) is 13.2 Å². The van der Waals surface area contributed by atoms with Crippen LogP contribution in [0, 0.1) is 6.92 Å². The molecule has 0 heterocycles. The molecule has 0 aliphatic rings. The number of hydrogen-bond donors (Lipinski definition) is 0. The zero-order valence-electron chi connectivity index (χ0n) is 14.1. The Bertz CT molecular complexity index is 831. The van der Waals surface area contributed by atoms with Gasteiger partial charge in [-0.25, -0.2) is 0 Å². The van der Waals surface area contributed by atoms with Gasteiger partial charge in [0, 0.05) is 0 Å². The summed E-state index contributed by atoms with van der Waals surface area (Å²) in [5, 5.41) is 0. The maximum Gasteiger partial charge on any atom is 0.402 e. The molecule has 0 bridgehead atoms. The van der Waals surface area contributed by atoms with Gasteiger partial charge < -0.3 is 0 Å². The Morgan fingerprint density at radius 1 is 0.600 bits per heavy atom. The van der Waals surface area contributed by atoms with Gasteiger partial charge in [-0.1, -0.05) is 84.4 Å². The van der Waals surface area contributed by atoms with Crippen molar-refractivity contribution in [2.75, 3.05) is 0 Å². The van der Waals surface area contributed by atoms with Gasteiger partial charge >= 0.3 is 6.18 Å². The van der Waals surface area contributed by atoms with Crippen molar-refractivity contribution in [2.45, 2.75) is 25.4 Å². The molecular weight excluding hydrogens is 321 g/mol. The third kappa shape index (κ3) is 3.19. The number of benzene rings is 3. The van der Waals surface area contributed by atoms with E-state index in [2.05, 4.69) is 0 Å². The third-order valence-electron chi connectivity index (χ3n) is 4.77. The molecule has 0 spiro atoms. The lowest BCUT2D eigenvalue weighted by molar-refractivity contribution is -0.173. The Labute approximate surface area is 146 Å². The normalized spacial score (nSPS) is 14.1. The fraction of sp³-hybridized carbons (Fsp3) is 0.182. The van der Waals surface area contributed by atoms with E-state index >= 15 is 0 Å². The zero-order chi connectivity index (χ0) is 18.1. The van der Waals surface area contributed by atoms with Gasteiger partial charge in [-0.15, -0.1) is 0 Å². The van der Waals surface area contributed by atoms with Crippen LogP contribution in [0.15, 0.2) is 78.9 Å². The van der Waals surface area contributed by atoms with Crippen molar-refractivity contribution in [3.8, 4) is 11.1 Å². The minimum Gasteiger partial charge on any atom is -0.170 e. The Morgan fingerprint density at radius 3 is 1.52 bits per heavy atom. The Balaban J connectivity index is 2.05. The minimum absolute atomic E-state index is 0.238. The van der Waals surface area contributed by atoms with Crippen LogP contribution in [0.5, 0.6) is 0 Å². The van der Waals surface area contributed by atoms with Crippen LogP contribution < -0.4 is 0 Å². The molecule has 0 saturated carbocycles. The first-order valence-electron chi connectivity index (χ1n) is 8.12. The molecule has 0 N–H and O–H groups in total. The van der Waals surface area contributed by atoms with Gasteiger partial charge in [-0.3, -0.25) is 0 Å². The van der Waals surface area contributed by atoms with Crippen molar-refractivity contribution in [3.05, 3.63) is 95.6 Å². The minimum atomic E-state index is -4.39. The summed E-state index contributed by atoms with van der Waals surface area (Å²) in [6, 6.07) is 22.7. The van der Waals surface area contributed by atoms with Gasteiger partial charge in [0.05, 0.1) is 0 Å². The van der Waals surface area contributed by atoms with E-state index in [4.69, 9.17) is 0 Å². The van der Waals surface area contributed by atoms with E-state index in [0.717, 1.165) is 16.7 Å². The first-order valence-corrected chi connectivity index (χ1v) is 8.12. The molecule has 0 aliphatic heterocycles. The summed E-state index contributed by atoms with van der Waals surface area (Å²) in [6.07, 6.45) is -4.39. The monoisotopic (exact) mass is 340 g/mol. The second-order valence-corrected chi connectivity index (χ2v) is 6.43. The van der Waals surface area contributed by atoms with Gasteiger partial charge in [0.1, 0.15) is 5.41 Å². The lowest BCUT2D eigenvalue weighted by atomic mass is 9.75. The zero-order valence-corrected chi connectivity index (χ0v) is 14.1. The molecule has 0 aliphatic carbocycles. The standard InChI is InChI=1S/C22H19F3/c1-16-8-10-17(11-9-16)18-12-14-20(15-13-18)21(2,22(23,24)25)19-6-4-3-5-7-19/h3-15H,1-2H3. The molecular formula is C22H19F3. The van der Waals surface area contributed by atoms with Crippen LogP contribution in [0.25, 0.3) is 11.1 Å². The number of aryl methyl sites for hydroxylation is 1. The number of hydrogen-bond acceptors (Lipinski definition) is 0. The predicted octanol–water partition coefficient (Wildman–Crippen LogP) is 6.53. The summed E-state index contributed by atoms with van der Waals surface area (Å²) in [6.45, 7) is 3.24. The smallest absolute Gasteiger partial charge is 0.170 e. The lowest BCUT2D eigenvalue weighted by Crippen LogP contribution is -2.40. The second-order valence-electron chi connectivity index (χ2n) is 6.43. The molecule has 1 atom stereocenters. The van der Waals surface area contributed by atoms with Crippen molar-refractivity contribution >= 4 is 0 Å². The van der Waals surface area contributed by atoms with Crippen molar-refractivity contribution in [3.63, 3.8) is 0 Å². The summed E-state index contributed by atoms with van der Waals surface area (Å²) in [7, 11) is 0. The summed E-state index contributed by atoms with van der Waals surface area (Å²) in [4.78, 5) is 0. The highest BCUT2D eigenvalue weighted by Gasteiger charge is 2.53. The van der Waals surface area contributed by atoms with Crippen molar-refractivity contribution in [1.29, 1.82) is 0 Å². The van der Waals surface area contributed by atoms with E-state index in [-0.39, 0.29) is 11.1 Å². The van der Waals surface area contributed by atoms with Crippen LogP contribution in [-0.2, 0) is 5.41 Å². The Hall–Kier alpha value is -2.55. The molecule has 3 aromatic carbocycles. The molecule has 0 radical (unpaired) electrons. The molecule has 128 valence electrons. The molecule has 3 aromatic rings. The molecule has 0 aromatic heterocycles. The molecule has 0 nitrogen and oxygen atoms in total. The highest BCUT2D eigenvalue weighted by molar-refractivity contribution is 5.64. The number of alkyl halides is 3. The quantitative estimate of drug-likeness (QED) is 0.508. The van der Waals surface area contributed by atoms with Crippen molar-refractivity contribution in [2.24, 2.45) is 0 Å². The molecule has 3 heteroatoms. The van der Waals surface area contributed by atoms with Crippen molar-refractivity contribution < 1.29 is 13.2 Å². The van der Waals surface area contributed by atoms with E-state index in [9.17, 15) is 13.2 Å². The third-order valence-corrected chi connectivity index (χ3v) is 4.77. The average Bonchev–Trinajstić information content (AvgIpc) is 2.62. The first-order chi connectivity index (χ1) is 11.8. The molecule has 25 heavy (non-hydrogen) atoms. The highest BCUT2D eigenvalue weighted by Crippen LogP contribution is 2.46. The number of rotatable bonds is 3. The predicted molar refractivity (Wildman–Crippen MR) is 95.6 cm³/mol. The average molecular weight is 340 g/mol. The summed E-state index contributed by atoms with van der Waals surface area (Å²) in [5.74, 6) is 0. The maximum absolute atomic E-state index is 13.9. The lowest BCUT2D eigenvalue weighted by Gasteiger charge is -2.33. The summed E-state index contributed by atoms with van der Waals surface area (Å²) in [5.41, 5.74) is 1.48. The first kappa shape index (κ1) is 17.3. The van der Waals surface area contributed by atoms with Crippen LogP contribution in [0.2, 0.25) is 0 Å². The fourth-order valence-corrected chi connectivity index (χ4v) is 3.01. The molecule has 0 fully saturated rings. The van der Waals surface area contributed by atoms with Crippen LogP contribution in [-0.4, -0.2) is 6.18 Å². The largest absolute Gasteiger partial charge is 0.402 e. The molecule has 1 unspecified atom stereocenters. The van der Waals surface area contributed by atoms with Crippen LogP contribution in [0.3, 0.4) is 0 Å². The van der Waals surface area contributed by atoms with Gasteiger partial charge in [0.25, 0.3) is 0 Å². The molecule has 0 amide bonds. The second kappa shape index (κ2) is 6.40. The van der Waals surface area contributed by atoms with Crippen molar-refractivity contribution in [1.82, 2.24) is 0 Å². The highest BCUT2D eigenvalue weighted by atomic mass is 19.4. The van der Waals surface area contributed by atoms with Gasteiger partial charge in [0.15, 0.2) is 0 Å². The van der Waals surface area contributed by atoms with Gasteiger partial charge in [0.2, 0.25) is 0 Å². The molecule has 0 saturated heterocycles. The Kier molecular flexibility index (Phi) is 4.42. The molecule has 3 rings (SSSR count). The van der Waals surface area contributed by atoms with Crippen LogP contribution in [0.1, 0.15) is 23.6 Å². The fourth-order valence-electron chi connectivity index (χ4n) is 3.01. The van der Waals surface area contributed by atoms with Crippen LogP contribution >= 0.6 is 0 Å². The summed E-state index contributed by atoms with van der Waals surface area (Å²) < 4.78 is 41.8. The topological polar surface area (TPSA) is 0 Å².